The Morgan fingerprint density at radius 1 is 1.14 bits per heavy atom. The fourth-order valence-corrected chi connectivity index (χ4v) is 3.54. The molecule has 0 atom stereocenters. The first-order valence-corrected chi connectivity index (χ1v) is 9.55. The van der Waals surface area contributed by atoms with Gasteiger partial charge in [-0.2, -0.15) is 10.4 Å². The van der Waals surface area contributed by atoms with Crippen LogP contribution in [0.1, 0.15) is 5.56 Å². The predicted octanol–water partition coefficient (Wildman–Crippen LogP) is 4.00. The number of nitrogens with one attached hydrogen (secondary N) is 1. The largest absolute Gasteiger partial charge is 0.324 e. The van der Waals surface area contributed by atoms with Crippen molar-refractivity contribution in [2.75, 3.05) is 11.1 Å². The van der Waals surface area contributed by atoms with Crippen molar-refractivity contribution in [2.24, 2.45) is 0 Å². The Morgan fingerprint density at radius 3 is 2.75 bits per heavy atom. The number of carbonyl (C=O) groups excluding carboxylic acids is 1. The second-order valence-corrected chi connectivity index (χ2v) is 6.92. The first kappa shape index (κ1) is 17.8. The molecule has 2 aromatic heterocycles. The Balaban J connectivity index is 1.51. The average Bonchev–Trinajstić information content (AvgIpc) is 3.18. The van der Waals surface area contributed by atoms with Gasteiger partial charge in [0.2, 0.25) is 5.91 Å². The number of amides is 1. The number of rotatable bonds is 5. The Labute approximate surface area is 165 Å². The average molecular weight is 385 g/mol. The van der Waals surface area contributed by atoms with Crippen LogP contribution in [-0.4, -0.2) is 26.3 Å². The first-order chi connectivity index (χ1) is 13.7. The smallest absolute Gasteiger partial charge is 0.234 e. The van der Waals surface area contributed by atoms with Gasteiger partial charge in [0.05, 0.1) is 28.2 Å². The van der Waals surface area contributed by atoms with Gasteiger partial charge in [-0.3, -0.25) is 4.79 Å². The van der Waals surface area contributed by atoms with Crippen molar-refractivity contribution in [3.05, 3.63) is 78.6 Å². The third kappa shape index (κ3) is 3.72. The van der Waals surface area contributed by atoms with Crippen molar-refractivity contribution in [1.82, 2.24) is 14.6 Å². The Morgan fingerprint density at radius 2 is 1.93 bits per heavy atom. The van der Waals surface area contributed by atoms with E-state index in [4.69, 9.17) is 5.26 Å². The molecule has 0 aliphatic heterocycles. The Bertz CT molecular complexity index is 1180. The van der Waals surface area contributed by atoms with E-state index >= 15 is 0 Å². The zero-order valence-corrected chi connectivity index (χ0v) is 15.6. The van der Waals surface area contributed by atoms with E-state index < -0.39 is 0 Å². The van der Waals surface area contributed by atoms with Gasteiger partial charge in [-0.15, -0.1) is 0 Å². The van der Waals surface area contributed by atoms with Gasteiger partial charge >= 0.3 is 0 Å². The topological polar surface area (TPSA) is 83.1 Å². The molecule has 28 heavy (non-hydrogen) atoms. The third-order valence-corrected chi connectivity index (χ3v) is 5.08. The molecule has 1 amide bonds. The van der Waals surface area contributed by atoms with Crippen LogP contribution < -0.4 is 5.32 Å². The van der Waals surface area contributed by atoms with E-state index in [0.29, 0.717) is 11.3 Å². The van der Waals surface area contributed by atoms with Crippen LogP contribution in [0.15, 0.2) is 78.1 Å². The molecule has 2 aromatic carbocycles. The molecule has 0 saturated heterocycles. The van der Waals surface area contributed by atoms with Gasteiger partial charge in [0.25, 0.3) is 0 Å². The number of nitrogens with zero attached hydrogens (tertiary/aromatic N) is 4. The molecular formula is C21H15N5OS. The maximum absolute atomic E-state index is 12.3. The molecule has 0 radical (unpaired) electrons. The fraction of sp³-hybridized carbons (Fsp3) is 0.0476. The summed E-state index contributed by atoms with van der Waals surface area (Å²) in [4.78, 5) is 16.7. The molecule has 1 N–H and O–H groups in total. The minimum atomic E-state index is -0.195. The van der Waals surface area contributed by atoms with Crippen LogP contribution in [0.25, 0.3) is 16.8 Å². The normalized spacial score (nSPS) is 10.5. The van der Waals surface area contributed by atoms with E-state index in [-0.39, 0.29) is 11.7 Å². The zero-order chi connectivity index (χ0) is 19.3. The van der Waals surface area contributed by atoms with E-state index in [0.717, 1.165) is 21.8 Å². The maximum Gasteiger partial charge on any atom is 0.234 e. The van der Waals surface area contributed by atoms with E-state index in [1.807, 2.05) is 36.4 Å². The number of anilines is 1. The van der Waals surface area contributed by atoms with Crippen molar-refractivity contribution >= 4 is 28.9 Å². The van der Waals surface area contributed by atoms with Gasteiger partial charge in [-0.1, -0.05) is 54.2 Å². The number of para-hydroxylation sites is 1. The molecular weight excluding hydrogens is 370 g/mol. The second kappa shape index (κ2) is 7.94. The molecule has 0 aliphatic carbocycles. The van der Waals surface area contributed by atoms with Crippen LogP contribution in [-0.2, 0) is 4.79 Å². The summed E-state index contributed by atoms with van der Waals surface area (Å²) in [5.74, 6) is -0.0162. The molecule has 0 fully saturated rings. The van der Waals surface area contributed by atoms with Crippen LogP contribution in [0.3, 0.4) is 0 Å². The predicted molar refractivity (Wildman–Crippen MR) is 109 cm³/mol. The molecule has 0 unspecified atom stereocenters. The quantitative estimate of drug-likeness (QED) is 0.525. The lowest BCUT2D eigenvalue weighted by atomic mass is 10.1. The zero-order valence-electron chi connectivity index (χ0n) is 14.7. The van der Waals surface area contributed by atoms with Gasteiger partial charge in [-0.05, 0) is 18.2 Å². The second-order valence-electron chi connectivity index (χ2n) is 5.95. The summed E-state index contributed by atoms with van der Waals surface area (Å²) < 4.78 is 1.76. The first-order valence-electron chi connectivity index (χ1n) is 8.56. The van der Waals surface area contributed by atoms with Crippen molar-refractivity contribution < 1.29 is 4.79 Å². The molecule has 7 heteroatoms. The lowest BCUT2D eigenvalue weighted by molar-refractivity contribution is -0.113. The summed E-state index contributed by atoms with van der Waals surface area (Å²) in [6.07, 6.45) is 3.45. The standard InChI is InChI=1S/C21H15N5OS/c22-13-16-8-4-5-9-17(16)24-20(27)14-28-21-19-12-18(15-6-2-1-3-7-15)25-26(19)11-10-23-21/h1-12H,14H2,(H,24,27). The summed E-state index contributed by atoms with van der Waals surface area (Å²) >= 11 is 1.33. The van der Waals surface area contributed by atoms with Gasteiger partial charge < -0.3 is 5.32 Å². The number of aromatic nitrogens is 3. The summed E-state index contributed by atoms with van der Waals surface area (Å²) in [6.45, 7) is 0. The molecule has 2 heterocycles. The van der Waals surface area contributed by atoms with Gasteiger partial charge in [0.1, 0.15) is 11.1 Å². The summed E-state index contributed by atoms with van der Waals surface area (Å²) in [5, 5.41) is 17.2. The summed E-state index contributed by atoms with van der Waals surface area (Å²) in [6, 6.07) is 20.9. The fourth-order valence-electron chi connectivity index (χ4n) is 2.77. The van der Waals surface area contributed by atoms with Gasteiger partial charge in [-0.25, -0.2) is 9.50 Å². The highest BCUT2D eigenvalue weighted by Gasteiger charge is 2.12. The van der Waals surface area contributed by atoms with E-state index in [9.17, 15) is 4.79 Å². The number of hydrogen-bond donors (Lipinski definition) is 1. The molecule has 4 aromatic rings. The molecule has 4 rings (SSSR count). The van der Waals surface area contributed by atoms with E-state index in [2.05, 4.69) is 21.5 Å². The molecule has 6 nitrogen and oxygen atoms in total. The summed E-state index contributed by atoms with van der Waals surface area (Å²) in [5.41, 5.74) is 3.66. The highest BCUT2D eigenvalue weighted by molar-refractivity contribution is 8.00. The Kier molecular flexibility index (Phi) is 5.04. The van der Waals surface area contributed by atoms with Crippen LogP contribution in [0.5, 0.6) is 0 Å². The van der Waals surface area contributed by atoms with Crippen LogP contribution in [0.2, 0.25) is 0 Å². The number of benzene rings is 2. The number of carbonyl (C=O) groups is 1. The molecule has 0 bridgehead atoms. The van der Waals surface area contributed by atoms with Crippen molar-refractivity contribution in [2.45, 2.75) is 5.03 Å². The Hall–Kier alpha value is -3.63. The lowest BCUT2D eigenvalue weighted by Crippen LogP contribution is -2.15. The van der Waals surface area contributed by atoms with Crippen LogP contribution in [0, 0.1) is 11.3 Å². The number of thioether (sulfide) groups is 1. The monoisotopic (exact) mass is 385 g/mol. The van der Waals surface area contributed by atoms with Gasteiger partial charge in [0.15, 0.2) is 0 Å². The lowest BCUT2D eigenvalue weighted by Gasteiger charge is -2.06. The SMILES string of the molecule is N#Cc1ccccc1NC(=O)CSc1nccn2nc(-c3ccccc3)cc12. The maximum atomic E-state index is 12.3. The highest BCUT2D eigenvalue weighted by atomic mass is 32.2. The number of hydrogen-bond acceptors (Lipinski definition) is 5. The number of nitriles is 1. The van der Waals surface area contributed by atoms with Crippen LogP contribution >= 0.6 is 11.8 Å². The molecule has 0 aliphatic rings. The molecule has 0 spiro atoms. The minimum Gasteiger partial charge on any atom is -0.324 e. The molecule has 136 valence electrons. The number of fused-ring (bicyclic) bond motifs is 1. The van der Waals surface area contributed by atoms with Gasteiger partial charge in [0, 0.05) is 18.0 Å². The van der Waals surface area contributed by atoms with E-state index in [1.54, 1.807) is 41.2 Å². The van der Waals surface area contributed by atoms with Crippen molar-refractivity contribution in [3.63, 3.8) is 0 Å². The minimum absolute atomic E-state index is 0.179. The highest BCUT2D eigenvalue weighted by Crippen LogP contribution is 2.26. The molecule has 0 saturated carbocycles. The third-order valence-electron chi connectivity index (χ3n) is 4.09. The van der Waals surface area contributed by atoms with Crippen molar-refractivity contribution in [1.29, 1.82) is 5.26 Å². The van der Waals surface area contributed by atoms with Crippen molar-refractivity contribution in [3.8, 4) is 17.3 Å². The van der Waals surface area contributed by atoms with E-state index in [1.165, 1.54) is 11.8 Å². The summed E-state index contributed by atoms with van der Waals surface area (Å²) in [7, 11) is 0. The van der Waals surface area contributed by atoms with Crippen LogP contribution in [0.4, 0.5) is 5.69 Å².